The van der Waals surface area contributed by atoms with Crippen molar-refractivity contribution in [2.75, 3.05) is 13.6 Å². The van der Waals surface area contributed by atoms with Crippen LogP contribution in [0.1, 0.15) is 18.9 Å². The van der Waals surface area contributed by atoms with Gasteiger partial charge in [0, 0.05) is 25.1 Å². The van der Waals surface area contributed by atoms with Crippen LogP contribution < -0.4 is 0 Å². The van der Waals surface area contributed by atoms with E-state index in [1.807, 2.05) is 30.3 Å². The molecule has 1 aromatic rings. The summed E-state index contributed by atoms with van der Waals surface area (Å²) in [4.78, 5) is 13.1. The maximum atomic E-state index is 11.6. The molecule has 0 saturated carbocycles. The van der Waals surface area contributed by atoms with Gasteiger partial charge in [0.25, 0.3) is 5.91 Å². The highest BCUT2D eigenvalue weighted by molar-refractivity contribution is 5.93. The van der Waals surface area contributed by atoms with Crippen molar-refractivity contribution < 1.29 is 9.90 Å². The third-order valence-corrected chi connectivity index (χ3v) is 2.32. The largest absolute Gasteiger partial charge is 0.393 e. The molecule has 0 fully saturated rings. The minimum atomic E-state index is -0.396. The van der Waals surface area contributed by atoms with Gasteiger partial charge < -0.3 is 10.0 Å². The Kier molecular flexibility index (Phi) is 5.25. The fourth-order valence-corrected chi connectivity index (χ4v) is 1.22. The Hall–Kier alpha value is -1.79. The summed E-state index contributed by atoms with van der Waals surface area (Å²) in [5, 5.41) is 9.12. The number of aliphatic hydroxyl groups excluding tert-OH is 1. The summed E-state index contributed by atoms with van der Waals surface area (Å²) in [6, 6.07) is 9.38. The van der Waals surface area contributed by atoms with Crippen molar-refractivity contribution in [3.05, 3.63) is 35.9 Å². The predicted octanol–water partition coefficient (Wildman–Crippen LogP) is 1.27. The first-order valence-electron chi connectivity index (χ1n) is 5.60. The van der Waals surface area contributed by atoms with E-state index in [-0.39, 0.29) is 5.91 Å². The Morgan fingerprint density at radius 1 is 1.41 bits per heavy atom. The number of carbonyl (C=O) groups excluding carboxylic acids is 1. The first-order valence-corrected chi connectivity index (χ1v) is 5.60. The van der Waals surface area contributed by atoms with Crippen LogP contribution >= 0.6 is 0 Å². The van der Waals surface area contributed by atoms with Crippen LogP contribution in [0.2, 0.25) is 0 Å². The third-order valence-electron chi connectivity index (χ3n) is 2.32. The molecule has 0 aliphatic rings. The Bertz CT molecular complexity index is 415. The predicted molar refractivity (Wildman–Crippen MR) is 67.3 cm³/mol. The molecular weight excluding hydrogens is 214 g/mol. The zero-order valence-corrected chi connectivity index (χ0v) is 10.2. The van der Waals surface area contributed by atoms with E-state index in [1.165, 1.54) is 4.90 Å². The second kappa shape index (κ2) is 6.72. The first-order chi connectivity index (χ1) is 8.09. The van der Waals surface area contributed by atoms with Crippen LogP contribution in [0.15, 0.2) is 30.3 Å². The average Bonchev–Trinajstić information content (AvgIpc) is 2.34. The summed E-state index contributed by atoms with van der Waals surface area (Å²) >= 11 is 0. The highest BCUT2D eigenvalue weighted by Crippen LogP contribution is 1.96. The van der Waals surface area contributed by atoms with Crippen molar-refractivity contribution in [1.29, 1.82) is 0 Å². The molecule has 0 aromatic heterocycles. The molecule has 1 rings (SSSR count). The van der Waals surface area contributed by atoms with Crippen LogP contribution in [0.4, 0.5) is 0 Å². The zero-order valence-electron chi connectivity index (χ0n) is 10.2. The lowest BCUT2D eigenvalue weighted by atomic mass is 10.2. The van der Waals surface area contributed by atoms with Gasteiger partial charge in [-0.05, 0) is 25.5 Å². The van der Waals surface area contributed by atoms with Gasteiger partial charge in [0.15, 0.2) is 0 Å². The third kappa shape index (κ3) is 5.19. The summed E-state index contributed by atoms with van der Waals surface area (Å²) in [6.45, 7) is 2.22. The van der Waals surface area contributed by atoms with E-state index in [1.54, 1.807) is 14.0 Å². The van der Waals surface area contributed by atoms with Crippen molar-refractivity contribution in [1.82, 2.24) is 4.90 Å². The van der Waals surface area contributed by atoms with Crippen LogP contribution in [-0.2, 0) is 4.79 Å². The molecular formula is C14H17NO2. The molecule has 0 saturated heterocycles. The van der Waals surface area contributed by atoms with Gasteiger partial charge in [-0.25, -0.2) is 0 Å². The Labute approximate surface area is 102 Å². The zero-order chi connectivity index (χ0) is 12.7. The molecule has 1 N–H and O–H groups in total. The van der Waals surface area contributed by atoms with Crippen LogP contribution in [0.25, 0.3) is 0 Å². The number of rotatable bonds is 3. The lowest BCUT2D eigenvalue weighted by Crippen LogP contribution is -2.28. The summed E-state index contributed by atoms with van der Waals surface area (Å²) in [7, 11) is 1.68. The molecule has 90 valence electrons. The molecule has 3 heteroatoms. The molecule has 1 aromatic carbocycles. The van der Waals surface area contributed by atoms with Gasteiger partial charge in [0.2, 0.25) is 0 Å². The highest BCUT2D eigenvalue weighted by Gasteiger charge is 2.06. The number of nitrogens with zero attached hydrogens (tertiary/aromatic N) is 1. The van der Waals surface area contributed by atoms with E-state index in [0.29, 0.717) is 13.0 Å². The van der Waals surface area contributed by atoms with E-state index < -0.39 is 6.10 Å². The van der Waals surface area contributed by atoms with Crippen molar-refractivity contribution in [3.8, 4) is 11.8 Å². The van der Waals surface area contributed by atoms with Crippen molar-refractivity contribution >= 4 is 5.91 Å². The number of amides is 1. The summed E-state index contributed by atoms with van der Waals surface area (Å²) in [6.07, 6.45) is 0.169. The SMILES string of the molecule is CC(O)CCN(C)C(=O)C#Cc1ccccc1. The van der Waals surface area contributed by atoms with Crippen molar-refractivity contribution in [2.24, 2.45) is 0 Å². The van der Waals surface area contributed by atoms with Gasteiger partial charge in [-0.1, -0.05) is 24.1 Å². The lowest BCUT2D eigenvalue weighted by Gasteiger charge is -2.14. The number of hydrogen-bond donors (Lipinski definition) is 1. The number of hydrogen-bond acceptors (Lipinski definition) is 2. The highest BCUT2D eigenvalue weighted by atomic mass is 16.3. The van der Waals surface area contributed by atoms with Crippen LogP contribution in [-0.4, -0.2) is 35.6 Å². The van der Waals surface area contributed by atoms with Gasteiger partial charge in [-0.15, -0.1) is 0 Å². The standard InChI is InChI=1S/C14H17NO2/c1-12(16)10-11-15(2)14(17)9-8-13-6-4-3-5-7-13/h3-7,12,16H,10-11H2,1-2H3. The second-order valence-electron chi connectivity index (χ2n) is 3.98. The van der Waals surface area contributed by atoms with E-state index >= 15 is 0 Å². The molecule has 3 nitrogen and oxygen atoms in total. The van der Waals surface area contributed by atoms with E-state index in [9.17, 15) is 4.79 Å². The molecule has 0 spiro atoms. The number of benzene rings is 1. The van der Waals surface area contributed by atoms with Gasteiger partial charge in [-0.3, -0.25) is 4.79 Å². The maximum absolute atomic E-state index is 11.6. The first kappa shape index (κ1) is 13.3. The summed E-state index contributed by atoms with van der Waals surface area (Å²) in [5.74, 6) is 5.16. The number of carbonyl (C=O) groups is 1. The van der Waals surface area contributed by atoms with Crippen molar-refractivity contribution in [3.63, 3.8) is 0 Å². The minimum Gasteiger partial charge on any atom is -0.393 e. The Morgan fingerprint density at radius 2 is 2.06 bits per heavy atom. The van der Waals surface area contributed by atoms with Crippen LogP contribution in [0.3, 0.4) is 0 Å². The Balaban J connectivity index is 2.52. The maximum Gasteiger partial charge on any atom is 0.298 e. The molecule has 0 bridgehead atoms. The molecule has 0 heterocycles. The second-order valence-corrected chi connectivity index (χ2v) is 3.98. The molecule has 1 atom stereocenters. The quantitative estimate of drug-likeness (QED) is 0.796. The van der Waals surface area contributed by atoms with Crippen molar-refractivity contribution in [2.45, 2.75) is 19.4 Å². The average molecular weight is 231 g/mol. The number of aliphatic hydroxyl groups is 1. The molecule has 0 radical (unpaired) electrons. The monoisotopic (exact) mass is 231 g/mol. The van der Waals surface area contributed by atoms with E-state index in [0.717, 1.165) is 5.56 Å². The fraction of sp³-hybridized carbons (Fsp3) is 0.357. The topological polar surface area (TPSA) is 40.5 Å². The van der Waals surface area contributed by atoms with Gasteiger partial charge >= 0.3 is 0 Å². The smallest absolute Gasteiger partial charge is 0.298 e. The van der Waals surface area contributed by atoms with Crippen LogP contribution in [0, 0.1) is 11.8 Å². The van der Waals surface area contributed by atoms with Gasteiger partial charge in [0.05, 0.1) is 6.10 Å². The molecule has 1 amide bonds. The molecule has 0 aliphatic carbocycles. The molecule has 17 heavy (non-hydrogen) atoms. The summed E-state index contributed by atoms with van der Waals surface area (Å²) in [5.41, 5.74) is 0.824. The summed E-state index contributed by atoms with van der Waals surface area (Å²) < 4.78 is 0. The molecule has 1 unspecified atom stereocenters. The van der Waals surface area contributed by atoms with Crippen LogP contribution in [0.5, 0.6) is 0 Å². The van der Waals surface area contributed by atoms with Gasteiger partial charge in [-0.2, -0.15) is 0 Å². The fourth-order valence-electron chi connectivity index (χ4n) is 1.22. The normalized spacial score (nSPS) is 11.2. The Morgan fingerprint density at radius 3 is 2.65 bits per heavy atom. The lowest BCUT2D eigenvalue weighted by molar-refractivity contribution is -0.124. The molecule has 0 aliphatic heterocycles. The van der Waals surface area contributed by atoms with E-state index in [2.05, 4.69) is 11.8 Å². The van der Waals surface area contributed by atoms with Gasteiger partial charge in [0.1, 0.15) is 0 Å². The van der Waals surface area contributed by atoms with E-state index in [4.69, 9.17) is 5.11 Å². The minimum absolute atomic E-state index is 0.227.